The Morgan fingerprint density at radius 2 is 1.96 bits per heavy atom. The lowest BCUT2D eigenvalue weighted by atomic mass is 9.97. The van der Waals surface area contributed by atoms with Crippen molar-refractivity contribution < 1.29 is 4.79 Å². The molecule has 0 bridgehead atoms. The van der Waals surface area contributed by atoms with Gasteiger partial charge in [-0.2, -0.15) is 0 Å². The van der Waals surface area contributed by atoms with Gasteiger partial charge in [-0.25, -0.2) is 0 Å². The summed E-state index contributed by atoms with van der Waals surface area (Å²) in [6, 6.07) is 17.3. The summed E-state index contributed by atoms with van der Waals surface area (Å²) in [7, 11) is 0. The Morgan fingerprint density at radius 3 is 2.69 bits per heavy atom. The van der Waals surface area contributed by atoms with Gasteiger partial charge < -0.3 is 9.88 Å². The molecule has 1 aromatic heterocycles. The first kappa shape index (κ1) is 16.6. The quantitative estimate of drug-likeness (QED) is 0.738. The van der Waals surface area contributed by atoms with Gasteiger partial charge in [-0.15, -0.1) is 0 Å². The lowest BCUT2D eigenvalue weighted by Gasteiger charge is -2.25. The number of aromatic amines is 1. The molecule has 0 spiro atoms. The maximum atomic E-state index is 11.5. The van der Waals surface area contributed by atoms with Crippen molar-refractivity contribution in [1.29, 1.82) is 0 Å². The molecular weight excluding hydrogens is 320 g/mol. The van der Waals surface area contributed by atoms with E-state index in [1.807, 2.05) is 4.90 Å². The van der Waals surface area contributed by atoms with Gasteiger partial charge in [0.15, 0.2) is 0 Å². The Balaban J connectivity index is 1.51. The Kier molecular flexibility index (Phi) is 4.61. The summed E-state index contributed by atoms with van der Waals surface area (Å²) in [4.78, 5) is 16.8. The highest BCUT2D eigenvalue weighted by atomic mass is 16.2. The number of aryl methyl sites for hydroxylation is 2. The molecule has 3 heteroatoms. The zero-order valence-corrected chi connectivity index (χ0v) is 15.2. The van der Waals surface area contributed by atoms with Crippen molar-refractivity contribution in [3.8, 4) is 0 Å². The van der Waals surface area contributed by atoms with E-state index in [2.05, 4.69) is 65.8 Å². The predicted octanol–water partition coefficient (Wildman–Crippen LogP) is 4.59. The molecular formula is C23H24N2O. The fourth-order valence-corrected chi connectivity index (χ4v) is 3.73. The van der Waals surface area contributed by atoms with Gasteiger partial charge in [-0.3, -0.25) is 4.79 Å². The molecule has 0 unspecified atom stereocenters. The van der Waals surface area contributed by atoms with Crippen LogP contribution in [0.3, 0.4) is 0 Å². The molecule has 132 valence electrons. The minimum atomic E-state index is 0.156. The first-order chi connectivity index (χ1) is 12.7. The second-order valence-corrected chi connectivity index (χ2v) is 7.00. The molecule has 26 heavy (non-hydrogen) atoms. The fourth-order valence-electron chi connectivity index (χ4n) is 3.73. The van der Waals surface area contributed by atoms with Crippen LogP contribution in [0.5, 0.6) is 0 Å². The van der Waals surface area contributed by atoms with Gasteiger partial charge in [0.2, 0.25) is 5.91 Å². The van der Waals surface area contributed by atoms with E-state index in [1.54, 1.807) is 6.92 Å². The van der Waals surface area contributed by atoms with Crippen LogP contribution in [-0.4, -0.2) is 28.9 Å². The molecule has 1 N–H and O–H groups in total. The number of nitrogens with one attached hydrogen (secondary N) is 1. The van der Waals surface area contributed by atoms with Crippen LogP contribution in [0.1, 0.15) is 30.0 Å². The Morgan fingerprint density at radius 1 is 1.12 bits per heavy atom. The molecule has 2 aromatic carbocycles. The van der Waals surface area contributed by atoms with E-state index in [9.17, 15) is 4.79 Å². The first-order valence-corrected chi connectivity index (χ1v) is 9.29. The molecule has 1 aliphatic rings. The number of aromatic nitrogens is 1. The molecule has 4 rings (SSSR count). The number of fused-ring (bicyclic) bond motifs is 1. The molecule has 0 fully saturated rings. The Bertz CT molecular complexity index is 953. The lowest BCUT2D eigenvalue weighted by Crippen LogP contribution is -2.32. The molecule has 0 aliphatic carbocycles. The van der Waals surface area contributed by atoms with Crippen LogP contribution < -0.4 is 0 Å². The molecule has 2 heterocycles. The van der Waals surface area contributed by atoms with Gasteiger partial charge >= 0.3 is 0 Å². The monoisotopic (exact) mass is 344 g/mol. The van der Waals surface area contributed by atoms with Crippen molar-refractivity contribution >= 4 is 22.4 Å². The molecule has 0 radical (unpaired) electrons. The summed E-state index contributed by atoms with van der Waals surface area (Å²) in [5.74, 6) is 0.156. The van der Waals surface area contributed by atoms with Crippen LogP contribution in [0.25, 0.3) is 16.5 Å². The standard InChI is InChI=1S/C23H24N2O/c1-17(26)25-13-11-19(12-14-25)20-9-10-22-21(16-24-23(22)15-20)8-7-18-5-3-2-4-6-18/h2-6,9-11,15-16,24H,7-8,12-14H2,1H3. The number of carbonyl (C=O) groups is 1. The second-order valence-electron chi connectivity index (χ2n) is 7.00. The smallest absolute Gasteiger partial charge is 0.219 e. The van der Waals surface area contributed by atoms with Gasteiger partial charge in [0.1, 0.15) is 0 Å². The first-order valence-electron chi connectivity index (χ1n) is 9.29. The van der Waals surface area contributed by atoms with E-state index in [1.165, 1.54) is 33.2 Å². The number of carbonyl (C=O) groups excluding carboxylic acids is 1. The van der Waals surface area contributed by atoms with Crippen LogP contribution in [0, 0.1) is 0 Å². The number of rotatable bonds is 4. The number of benzene rings is 2. The van der Waals surface area contributed by atoms with Crippen LogP contribution in [0.15, 0.2) is 60.8 Å². The van der Waals surface area contributed by atoms with Crippen molar-refractivity contribution in [3.05, 3.63) is 77.5 Å². The molecule has 0 saturated heterocycles. The van der Waals surface area contributed by atoms with Crippen LogP contribution in [0.2, 0.25) is 0 Å². The minimum Gasteiger partial charge on any atom is -0.361 e. The summed E-state index contributed by atoms with van der Waals surface area (Å²) >= 11 is 0. The highest BCUT2D eigenvalue weighted by molar-refractivity contribution is 5.87. The normalized spacial score (nSPS) is 14.5. The zero-order chi connectivity index (χ0) is 17.9. The van der Waals surface area contributed by atoms with Crippen molar-refractivity contribution in [2.24, 2.45) is 0 Å². The SMILES string of the molecule is CC(=O)N1CC=C(c2ccc3c(CCc4ccccc4)c[nH]c3c2)CC1. The van der Waals surface area contributed by atoms with Crippen LogP contribution in [0.4, 0.5) is 0 Å². The number of amides is 1. The largest absolute Gasteiger partial charge is 0.361 e. The lowest BCUT2D eigenvalue weighted by molar-refractivity contribution is -0.128. The van der Waals surface area contributed by atoms with Crippen LogP contribution in [-0.2, 0) is 17.6 Å². The molecule has 3 nitrogen and oxygen atoms in total. The zero-order valence-electron chi connectivity index (χ0n) is 15.2. The molecule has 3 aromatic rings. The van der Waals surface area contributed by atoms with E-state index in [0.29, 0.717) is 0 Å². The van der Waals surface area contributed by atoms with Gasteiger partial charge in [0.25, 0.3) is 0 Å². The summed E-state index contributed by atoms with van der Waals surface area (Å²) in [6.07, 6.45) is 7.35. The third-order valence-electron chi connectivity index (χ3n) is 5.32. The predicted molar refractivity (Wildman–Crippen MR) is 107 cm³/mol. The van der Waals surface area contributed by atoms with Crippen molar-refractivity contribution in [3.63, 3.8) is 0 Å². The van der Waals surface area contributed by atoms with E-state index in [0.717, 1.165) is 32.4 Å². The Hall–Kier alpha value is -2.81. The second kappa shape index (κ2) is 7.20. The maximum absolute atomic E-state index is 11.5. The average Bonchev–Trinajstić information content (AvgIpc) is 3.09. The average molecular weight is 344 g/mol. The van der Waals surface area contributed by atoms with Gasteiger partial charge in [0, 0.05) is 37.1 Å². The summed E-state index contributed by atoms with van der Waals surface area (Å²) < 4.78 is 0. The summed E-state index contributed by atoms with van der Waals surface area (Å²) in [5, 5.41) is 1.31. The number of H-pyrrole nitrogens is 1. The van der Waals surface area contributed by atoms with E-state index in [-0.39, 0.29) is 5.91 Å². The highest BCUT2D eigenvalue weighted by Crippen LogP contribution is 2.27. The third kappa shape index (κ3) is 3.43. The van der Waals surface area contributed by atoms with Crippen molar-refractivity contribution in [2.45, 2.75) is 26.2 Å². The topological polar surface area (TPSA) is 36.1 Å². The fraction of sp³-hybridized carbons (Fsp3) is 0.261. The number of nitrogens with zero attached hydrogens (tertiary/aromatic N) is 1. The molecule has 0 saturated carbocycles. The van der Waals surface area contributed by atoms with Crippen molar-refractivity contribution in [2.75, 3.05) is 13.1 Å². The molecule has 0 atom stereocenters. The van der Waals surface area contributed by atoms with Gasteiger partial charge in [0.05, 0.1) is 0 Å². The van der Waals surface area contributed by atoms with Gasteiger partial charge in [-0.05, 0) is 47.6 Å². The summed E-state index contributed by atoms with van der Waals surface area (Å²) in [6.45, 7) is 3.17. The Labute approximate surface area is 154 Å². The van der Waals surface area contributed by atoms with E-state index >= 15 is 0 Å². The third-order valence-corrected chi connectivity index (χ3v) is 5.32. The molecule has 1 aliphatic heterocycles. The maximum Gasteiger partial charge on any atom is 0.219 e. The van der Waals surface area contributed by atoms with E-state index < -0.39 is 0 Å². The summed E-state index contributed by atoms with van der Waals surface area (Å²) in [5.41, 5.74) is 6.54. The van der Waals surface area contributed by atoms with Crippen LogP contribution >= 0.6 is 0 Å². The minimum absolute atomic E-state index is 0.156. The highest BCUT2D eigenvalue weighted by Gasteiger charge is 2.15. The van der Waals surface area contributed by atoms with Gasteiger partial charge in [-0.1, -0.05) is 48.5 Å². The number of hydrogen-bond acceptors (Lipinski definition) is 1. The number of hydrogen-bond donors (Lipinski definition) is 1. The van der Waals surface area contributed by atoms with E-state index in [4.69, 9.17) is 0 Å². The molecule has 1 amide bonds. The van der Waals surface area contributed by atoms with Crippen molar-refractivity contribution in [1.82, 2.24) is 9.88 Å².